The molecule has 0 bridgehead atoms. The van der Waals surface area contributed by atoms with Crippen LogP contribution in [0.5, 0.6) is 0 Å². The largest absolute Gasteiger partial charge is 0.370 e. The van der Waals surface area contributed by atoms with Crippen molar-refractivity contribution in [3.8, 4) is 11.4 Å². The molecule has 0 aliphatic heterocycles. The number of nitrogens with zero attached hydrogens (tertiary/aromatic N) is 2. The Morgan fingerprint density at radius 1 is 1.15 bits per heavy atom. The summed E-state index contributed by atoms with van der Waals surface area (Å²) in [5, 5.41) is 6.76. The lowest BCUT2D eigenvalue weighted by molar-refractivity contribution is 0.922. The highest BCUT2D eigenvalue weighted by atomic mass is 15.1. The van der Waals surface area contributed by atoms with E-state index in [0.717, 1.165) is 35.5 Å². The van der Waals surface area contributed by atoms with Crippen LogP contribution in [0.25, 0.3) is 11.4 Å². The van der Waals surface area contributed by atoms with Crippen LogP contribution < -0.4 is 10.6 Å². The molecule has 0 amide bonds. The summed E-state index contributed by atoms with van der Waals surface area (Å²) < 4.78 is 0. The van der Waals surface area contributed by atoms with Gasteiger partial charge in [-0.05, 0) is 19.3 Å². The van der Waals surface area contributed by atoms with Crippen LogP contribution in [0.2, 0.25) is 0 Å². The summed E-state index contributed by atoms with van der Waals surface area (Å²) in [5.74, 6) is 3.29. The second-order valence-electron chi connectivity index (χ2n) is 5.32. The highest BCUT2D eigenvalue weighted by Crippen LogP contribution is 2.33. The summed E-state index contributed by atoms with van der Waals surface area (Å²) in [5.41, 5.74) is 1.04. The molecule has 20 heavy (non-hydrogen) atoms. The first-order valence-corrected chi connectivity index (χ1v) is 7.21. The monoisotopic (exact) mass is 268 g/mol. The van der Waals surface area contributed by atoms with Crippen LogP contribution in [0.1, 0.15) is 20.3 Å². The second kappa shape index (κ2) is 5.49. The van der Waals surface area contributed by atoms with Gasteiger partial charge in [0.25, 0.3) is 0 Å². The van der Waals surface area contributed by atoms with E-state index in [1.54, 1.807) is 0 Å². The summed E-state index contributed by atoms with van der Waals surface area (Å²) in [6.45, 7) is 5.17. The molecule has 4 heteroatoms. The maximum atomic E-state index is 4.64. The quantitative estimate of drug-likeness (QED) is 0.872. The minimum Gasteiger partial charge on any atom is -0.370 e. The number of nitrogens with one attached hydrogen (secondary N) is 2. The van der Waals surface area contributed by atoms with E-state index in [9.17, 15) is 0 Å². The molecule has 3 rings (SSSR count). The van der Waals surface area contributed by atoms with Crippen molar-refractivity contribution in [1.82, 2.24) is 9.97 Å². The Morgan fingerprint density at radius 3 is 2.50 bits per heavy atom. The Hall–Kier alpha value is -2.10. The van der Waals surface area contributed by atoms with E-state index in [-0.39, 0.29) is 0 Å². The van der Waals surface area contributed by atoms with Crippen molar-refractivity contribution in [2.75, 3.05) is 17.2 Å². The van der Waals surface area contributed by atoms with Gasteiger partial charge in [-0.1, -0.05) is 37.3 Å². The topological polar surface area (TPSA) is 49.8 Å². The highest BCUT2D eigenvalue weighted by molar-refractivity contribution is 5.61. The minimum atomic E-state index is 0.558. The second-order valence-corrected chi connectivity index (χ2v) is 5.32. The fourth-order valence-corrected chi connectivity index (χ4v) is 2.22. The smallest absolute Gasteiger partial charge is 0.163 e. The molecule has 1 heterocycles. The lowest BCUT2D eigenvalue weighted by Gasteiger charge is -2.10. The van der Waals surface area contributed by atoms with E-state index in [1.165, 1.54) is 6.42 Å². The molecular formula is C16H20N4. The molecule has 4 nitrogen and oxygen atoms in total. The fourth-order valence-electron chi connectivity index (χ4n) is 2.22. The molecule has 1 aliphatic carbocycles. The third kappa shape index (κ3) is 2.90. The lowest BCUT2D eigenvalue weighted by atomic mass is 10.2. The third-order valence-corrected chi connectivity index (χ3v) is 3.56. The molecule has 1 aliphatic rings. The van der Waals surface area contributed by atoms with Crippen molar-refractivity contribution in [2.24, 2.45) is 5.92 Å². The molecule has 2 unspecified atom stereocenters. The van der Waals surface area contributed by atoms with Crippen molar-refractivity contribution in [2.45, 2.75) is 26.3 Å². The summed E-state index contributed by atoms with van der Waals surface area (Å²) in [4.78, 5) is 9.22. The van der Waals surface area contributed by atoms with E-state index < -0.39 is 0 Å². The minimum absolute atomic E-state index is 0.558. The van der Waals surface area contributed by atoms with Gasteiger partial charge >= 0.3 is 0 Å². The van der Waals surface area contributed by atoms with Crippen LogP contribution in [-0.2, 0) is 0 Å². The predicted molar refractivity (Wildman–Crippen MR) is 82.8 cm³/mol. The molecule has 2 N–H and O–H groups in total. The van der Waals surface area contributed by atoms with E-state index >= 15 is 0 Å². The number of anilines is 2. The normalized spacial score (nSPS) is 20.5. The van der Waals surface area contributed by atoms with Crippen molar-refractivity contribution in [3.05, 3.63) is 36.4 Å². The molecule has 2 aromatic rings. The van der Waals surface area contributed by atoms with E-state index in [1.807, 2.05) is 36.4 Å². The molecule has 2 atom stereocenters. The van der Waals surface area contributed by atoms with Gasteiger partial charge in [0, 0.05) is 24.2 Å². The molecule has 104 valence electrons. The summed E-state index contributed by atoms with van der Waals surface area (Å²) in [6, 6.07) is 12.6. The summed E-state index contributed by atoms with van der Waals surface area (Å²) >= 11 is 0. The Labute approximate surface area is 119 Å². The highest BCUT2D eigenvalue weighted by Gasteiger charge is 2.32. The first-order valence-electron chi connectivity index (χ1n) is 7.21. The van der Waals surface area contributed by atoms with Gasteiger partial charge in [0.05, 0.1) is 0 Å². The van der Waals surface area contributed by atoms with Crippen LogP contribution >= 0.6 is 0 Å². The zero-order valence-electron chi connectivity index (χ0n) is 11.9. The van der Waals surface area contributed by atoms with Crippen molar-refractivity contribution >= 4 is 11.6 Å². The average Bonchev–Trinajstić information content (AvgIpc) is 3.15. The van der Waals surface area contributed by atoms with Crippen LogP contribution in [0, 0.1) is 5.92 Å². The Kier molecular flexibility index (Phi) is 3.54. The number of hydrogen-bond acceptors (Lipinski definition) is 4. The van der Waals surface area contributed by atoms with Crippen molar-refractivity contribution in [3.63, 3.8) is 0 Å². The van der Waals surface area contributed by atoms with Crippen molar-refractivity contribution < 1.29 is 0 Å². The first kappa shape index (κ1) is 12.9. The zero-order chi connectivity index (χ0) is 13.9. The van der Waals surface area contributed by atoms with Gasteiger partial charge in [-0.15, -0.1) is 0 Å². The number of rotatable bonds is 5. The Balaban J connectivity index is 1.92. The molecular weight excluding hydrogens is 248 g/mol. The maximum Gasteiger partial charge on any atom is 0.163 e. The molecule has 1 saturated carbocycles. The van der Waals surface area contributed by atoms with E-state index in [2.05, 4.69) is 34.4 Å². The summed E-state index contributed by atoms with van der Waals surface area (Å²) in [7, 11) is 0. The number of benzene rings is 1. The first-order chi connectivity index (χ1) is 9.76. The van der Waals surface area contributed by atoms with Gasteiger partial charge in [0.15, 0.2) is 5.82 Å². The standard InChI is InChI=1S/C16H20N4/c1-3-17-14-10-15(18-13-9-11(13)2)20-16(19-14)12-7-5-4-6-8-12/h4-8,10-11,13H,3,9H2,1-2H3,(H2,17,18,19,20). The van der Waals surface area contributed by atoms with Crippen LogP contribution in [0.15, 0.2) is 36.4 Å². The molecule has 0 radical (unpaired) electrons. The Bertz CT molecular complexity index is 582. The average molecular weight is 268 g/mol. The zero-order valence-corrected chi connectivity index (χ0v) is 11.9. The van der Waals surface area contributed by atoms with Gasteiger partial charge in [0.2, 0.25) is 0 Å². The molecule has 1 aromatic carbocycles. The predicted octanol–water partition coefficient (Wildman–Crippen LogP) is 3.40. The van der Waals surface area contributed by atoms with Gasteiger partial charge < -0.3 is 10.6 Å². The lowest BCUT2D eigenvalue weighted by Crippen LogP contribution is -2.09. The fraction of sp³-hybridized carbons (Fsp3) is 0.375. The molecule has 0 saturated heterocycles. The molecule has 1 fully saturated rings. The number of aromatic nitrogens is 2. The van der Waals surface area contributed by atoms with E-state index in [4.69, 9.17) is 0 Å². The van der Waals surface area contributed by atoms with Gasteiger partial charge in [-0.3, -0.25) is 0 Å². The molecule has 0 spiro atoms. The van der Waals surface area contributed by atoms with Gasteiger partial charge in [-0.25, -0.2) is 9.97 Å². The van der Waals surface area contributed by atoms with Gasteiger partial charge in [-0.2, -0.15) is 0 Å². The molecule has 1 aromatic heterocycles. The third-order valence-electron chi connectivity index (χ3n) is 3.56. The van der Waals surface area contributed by atoms with E-state index in [0.29, 0.717) is 6.04 Å². The maximum absolute atomic E-state index is 4.64. The van der Waals surface area contributed by atoms with Crippen LogP contribution in [0.4, 0.5) is 11.6 Å². The van der Waals surface area contributed by atoms with Crippen LogP contribution in [0.3, 0.4) is 0 Å². The summed E-state index contributed by atoms with van der Waals surface area (Å²) in [6.07, 6.45) is 1.22. The Morgan fingerprint density at radius 2 is 1.85 bits per heavy atom. The van der Waals surface area contributed by atoms with Crippen LogP contribution in [-0.4, -0.2) is 22.6 Å². The SMILES string of the molecule is CCNc1cc(NC2CC2C)nc(-c2ccccc2)n1. The number of hydrogen-bond donors (Lipinski definition) is 2. The van der Waals surface area contributed by atoms with Crippen molar-refractivity contribution in [1.29, 1.82) is 0 Å². The van der Waals surface area contributed by atoms with Gasteiger partial charge in [0.1, 0.15) is 11.6 Å².